The Labute approximate surface area is 153 Å². The van der Waals surface area contributed by atoms with Crippen LogP contribution in [0.4, 0.5) is 0 Å². The van der Waals surface area contributed by atoms with E-state index in [0.717, 1.165) is 22.3 Å². The topological polar surface area (TPSA) is 60.0 Å². The van der Waals surface area contributed by atoms with Gasteiger partial charge in [0.05, 0.1) is 16.8 Å². The highest BCUT2D eigenvalue weighted by Crippen LogP contribution is 2.27. The Balaban J connectivity index is 2.14. The molecule has 0 bridgehead atoms. The predicted octanol–water partition coefficient (Wildman–Crippen LogP) is 3.68. The van der Waals surface area contributed by atoms with Crippen LogP contribution in [0.1, 0.15) is 40.2 Å². The molecule has 0 unspecified atom stereocenters. The smallest absolute Gasteiger partial charge is 0.330 e. The molecule has 0 atom stereocenters. The van der Waals surface area contributed by atoms with Gasteiger partial charge in [-0.2, -0.15) is 0 Å². The number of hydrogen-bond donors (Lipinski definition) is 1. The van der Waals surface area contributed by atoms with Gasteiger partial charge in [0.25, 0.3) is 0 Å². The molecule has 1 N–H and O–H groups in total. The summed E-state index contributed by atoms with van der Waals surface area (Å²) in [6.07, 6.45) is 0. The molecule has 138 valence electrons. The Morgan fingerprint density at radius 1 is 1.08 bits per heavy atom. The van der Waals surface area contributed by atoms with Crippen molar-refractivity contribution in [1.29, 1.82) is 0 Å². The van der Waals surface area contributed by atoms with Crippen LogP contribution in [0.2, 0.25) is 0 Å². The monoisotopic (exact) mass is 353 g/mol. The second-order valence-corrected chi connectivity index (χ2v) is 8.67. The lowest BCUT2D eigenvalue weighted by molar-refractivity contribution is 0.0786. The number of rotatable bonds is 3. The zero-order valence-corrected chi connectivity index (χ0v) is 16.4. The molecule has 3 rings (SSSR count). The molecule has 2 heterocycles. The summed E-state index contributed by atoms with van der Waals surface area (Å²) in [4.78, 5) is 17.4. The van der Waals surface area contributed by atoms with Crippen molar-refractivity contribution in [3.8, 4) is 11.3 Å². The maximum absolute atomic E-state index is 12.7. The van der Waals surface area contributed by atoms with Gasteiger partial charge in [0.2, 0.25) is 0 Å². The largest absolute Gasteiger partial charge is 0.386 e. The van der Waals surface area contributed by atoms with Gasteiger partial charge in [-0.15, -0.1) is 0 Å². The molecule has 0 saturated carbocycles. The van der Waals surface area contributed by atoms with Gasteiger partial charge in [0.1, 0.15) is 0 Å². The maximum atomic E-state index is 12.7. The van der Waals surface area contributed by atoms with Crippen molar-refractivity contribution >= 4 is 11.2 Å². The van der Waals surface area contributed by atoms with Gasteiger partial charge < -0.3 is 5.11 Å². The van der Waals surface area contributed by atoms with Crippen LogP contribution in [0.15, 0.2) is 41.2 Å². The molecule has 0 aliphatic heterocycles. The van der Waals surface area contributed by atoms with Crippen molar-refractivity contribution < 1.29 is 5.11 Å². The van der Waals surface area contributed by atoms with E-state index in [1.807, 2.05) is 36.4 Å². The standard InChI is InChI=1S/C21H27N3O2/c1-20(2,3)13-24-17-11-10-16(22-18(17)23(6)19(24)25)14-8-7-9-15(12-14)21(4,5)26/h7-12,26H,13H2,1-6H3. The second-order valence-electron chi connectivity index (χ2n) is 8.67. The first-order valence-electron chi connectivity index (χ1n) is 8.87. The Morgan fingerprint density at radius 3 is 2.38 bits per heavy atom. The van der Waals surface area contributed by atoms with Crippen molar-refractivity contribution in [2.24, 2.45) is 12.5 Å². The molecule has 26 heavy (non-hydrogen) atoms. The molecule has 0 saturated heterocycles. The molecule has 0 aliphatic rings. The van der Waals surface area contributed by atoms with E-state index in [2.05, 4.69) is 20.8 Å². The van der Waals surface area contributed by atoms with E-state index in [0.29, 0.717) is 12.2 Å². The highest BCUT2D eigenvalue weighted by atomic mass is 16.3. The molecule has 0 spiro atoms. The molecule has 2 aromatic heterocycles. The molecule has 0 aliphatic carbocycles. The summed E-state index contributed by atoms with van der Waals surface area (Å²) in [5, 5.41) is 10.3. The fourth-order valence-corrected chi connectivity index (χ4v) is 3.12. The van der Waals surface area contributed by atoms with E-state index in [1.165, 1.54) is 0 Å². The van der Waals surface area contributed by atoms with Gasteiger partial charge in [-0.3, -0.25) is 9.13 Å². The molecule has 5 heteroatoms. The number of hydrogen-bond acceptors (Lipinski definition) is 3. The minimum Gasteiger partial charge on any atom is -0.386 e. The van der Waals surface area contributed by atoms with Crippen LogP contribution < -0.4 is 5.69 Å². The van der Waals surface area contributed by atoms with Crippen molar-refractivity contribution in [2.45, 2.75) is 46.8 Å². The van der Waals surface area contributed by atoms with Crippen molar-refractivity contribution in [3.63, 3.8) is 0 Å². The Morgan fingerprint density at radius 2 is 1.77 bits per heavy atom. The maximum Gasteiger partial charge on any atom is 0.330 e. The van der Waals surface area contributed by atoms with Gasteiger partial charge in [-0.25, -0.2) is 9.78 Å². The molecule has 3 aromatic rings. The molecule has 0 radical (unpaired) electrons. The van der Waals surface area contributed by atoms with Crippen LogP contribution in [-0.2, 0) is 19.2 Å². The number of pyridine rings is 1. The van der Waals surface area contributed by atoms with Gasteiger partial charge in [-0.1, -0.05) is 39.0 Å². The molecule has 0 amide bonds. The average molecular weight is 353 g/mol. The molecular formula is C21H27N3O2. The molecule has 0 fully saturated rings. The lowest BCUT2D eigenvalue weighted by Gasteiger charge is -2.19. The van der Waals surface area contributed by atoms with E-state index < -0.39 is 5.60 Å². The van der Waals surface area contributed by atoms with E-state index in [-0.39, 0.29) is 11.1 Å². The highest BCUT2D eigenvalue weighted by Gasteiger charge is 2.20. The first-order valence-corrected chi connectivity index (χ1v) is 8.87. The van der Waals surface area contributed by atoms with E-state index in [9.17, 15) is 9.90 Å². The lowest BCUT2D eigenvalue weighted by atomic mass is 9.95. The van der Waals surface area contributed by atoms with E-state index in [4.69, 9.17) is 4.98 Å². The highest BCUT2D eigenvalue weighted by molar-refractivity contribution is 5.76. The minimum atomic E-state index is -0.914. The van der Waals surface area contributed by atoms with E-state index in [1.54, 1.807) is 30.0 Å². The van der Waals surface area contributed by atoms with Gasteiger partial charge in [0, 0.05) is 19.2 Å². The molecular weight excluding hydrogens is 326 g/mol. The summed E-state index contributed by atoms with van der Waals surface area (Å²) in [7, 11) is 1.76. The van der Waals surface area contributed by atoms with Gasteiger partial charge in [0.15, 0.2) is 5.65 Å². The summed E-state index contributed by atoms with van der Waals surface area (Å²) in [6, 6.07) is 11.6. The Kier molecular flexibility index (Phi) is 4.31. The van der Waals surface area contributed by atoms with Crippen LogP contribution in [0.25, 0.3) is 22.4 Å². The number of benzene rings is 1. The van der Waals surface area contributed by atoms with Crippen molar-refractivity contribution in [1.82, 2.24) is 14.1 Å². The van der Waals surface area contributed by atoms with Crippen LogP contribution >= 0.6 is 0 Å². The number of aromatic nitrogens is 3. The van der Waals surface area contributed by atoms with E-state index >= 15 is 0 Å². The van der Waals surface area contributed by atoms with Gasteiger partial charge in [-0.05, 0) is 43.0 Å². The minimum absolute atomic E-state index is 0.00216. The van der Waals surface area contributed by atoms with Crippen molar-refractivity contribution in [3.05, 3.63) is 52.4 Å². The first kappa shape index (κ1) is 18.4. The molecule has 1 aromatic carbocycles. The fourth-order valence-electron chi connectivity index (χ4n) is 3.12. The quantitative estimate of drug-likeness (QED) is 0.781. The van der Waals surface area contributed by atoms with Crippen LogP contribution in [0.3, 0.4) is 0 Å². The third kappa shape index (κ3) is 3.44. The first-order chi connectivity index (χ1) is 12.0. The van der Waals surface area contributed by atoms with Gasteiger partial charge >= 0.3 is 5.69 Å². The third-order valence-corrected chi connectivity index (χ3v) is 4.48. The third-order valence-electron chi connectivity index (χ3n) is 4.48. The summed E-state index contributed by atoms with van der Waals surface area (Å²) >= 11 is 0. The lowest BCUT2D eigenvalue weighted by Crippen LogP contribution is -2.27. The summed E-state index contributed by atoms with van der Waals surface area (Å²) in [6.45, 7) is 10.5. The summed E-state index contributed by atoms with van der Waals surface area (Å²) in [5.74, 6) is 0. The molecule has 5 nitrogen and oxygen atoms in total. The summed E-state index contributed by atoms with van der Waals surface area (Å²) < 4.78 is 3.39. The summed E-state index contributed by atoms with van der Waals surface area (Å²) in [5.41, 5.74) is 3.08. The SMILES string of the molecule is Cn1c(=O)n(CC(C)(C)C)c2ccc(-c3cccc(C(C)(C)O)c3)nc21. The van der Waals surface area contributed by atoms with Crippen LogP contribution in [0, 0.1) is 5.41 Å². The average Bonchev–Trinajstić information content (AvgIpc) is 2.77. The second kappa shape index (κ2) is 6.09. The number of fused-ring (bicyclic) bond motifs is 1. The zero-order chi connectivity index (χ0) is 19.3. The Bertz CT molecular complexity index is 1010. The normalized spacial score (nSPS) is 12.7. The van der Waals surface area contributed by atoms with Crippen LogP contribution in [0.5, 0.6) is 0 Å². The zero-order valence-electron chi connectivity index (χ0n) is 16.4. The predicted molar refractivity (Wildman–Crippen MR) is 105 cm³/mol. The number of imidazole rings is 1. The Hall–Kier alpha value is -2.40. The van der Waals surface area contributed by atoms with Crippen LogP contribution in [-0.4, -0.2) is 19.2 Å². The fraction of sp³-hybridized carbons (Fsp3) is 0.429. The van der Waals surface area contributed by atoms with Crippen molar-refractivity contribution in [2.75, 3.05) is 0 Å². The number of aryl methyl sites for hydroxylation is 1. The number of nitrogens with zero attached hydrogens (tertiary/aromatic N) is 3. The number of aliphatic hydroxyl groups is 1.